The Bertz CT molecular complexity index is 650. The zero-order valence-electron chi connectivity index (χ0n) is 16.0. The van der Waals surface area contributed by atoms with E-state index in [0.29, 0.717) is 0 Å². The molecule has 13 heteroatoms. The van der Waals surface area contributed by atoms with Gasteiger partial charge in [-0.05, 0) is 12.3 Å². The largest absolute Gasteiger partial charge is 0.481 e. The molecule has 0 aromatic rings. The summed E-state index contributed by atoms with van der Waals surface area (Å²) in [5.41, 5.74) is 5.35. The first-order chi connectivity index (χ1) is 13.3. The Hall–Kier alpha value is -3.22. The van der Waals surface area contributed by atoms with E-state index in [1.54, 1.807) is 13.8 Å². The van der Waals surface area contributed by atoms with Gasteiger partial charge in [0.1, 0.15) is 12.1 Å². The maximum Gasteiger partial charge on any atom is 0.326 e. The number of nitrogens with two attached hydrogens (primary N) is 1. The number of hydrogen-bond donors (Lipinski definition) is 7. The fraction of sp³-hybridized carbons (Fsp3) is 0.625. The predicted molar refractivity (Wildman–Crippen MR) is 96.4 cm³/mol. The molecule has 0 rings (SSSR count). The summed E-state index contributed by atoms with van der Waals surface area (Å²) in [5.74, 6) is -6.92. The van der Waals surface area contributed by atoms with Crippen molar-refractivity contribution in [3.05, 3.63) is 0 Å². The van der Waals surface area contributed by atoms with Crippen molar-refractivity contribution in [1.29, 1.82) is 0 Å². The van der Waals surface area contributed by atoms with Crippen LogP contribution in [0.15, 0.2) is 0 Å². The molecular formula is C16H26N4O9. The number of carbonyl (C=O) groups is 6. The van der Waals surface area contributed by atoms with Gasteiger partial charge in [-0.15, -0.1) is 0 Å². The van der Waals surface area contributed by atoms with Gasteiger partial charge in [0.05, 0.1) is 25.4 Å². The summed E-state index contributed by atoms with van der Waals surface area (Å²) >= 11 is 0. The third-order valence-corrected chi connectivity index (χ3v) is 3.51. The molecule has 0 aromatic heterocycles. The Morgan fingerprint density at radius 2 is 1.38 bits per heavy atom. The van der Waals surface area contributed by atoms with E-state index < -0.39 is 73.1 Å². The summed E-state index contributed by atoms with van der Waals surface area (Å²) in [5, 5.41) is 32.8. The number of carbonyl (C=O) groups excluding carboxylic acids is 3. The van der Waals surface area contributed by atoms with Crippen molar-refractivity contribution < 1.29 is 44.1 Å². The number of carboxylic acid groups (broad SMARTS) is 3. The number of hydrogen-bond acceptors (Lipinski definition) is 7. The maximum atomic E-state index is 12.3. The van der Waals surface area contributed by atoms with Gasteiger partial charge in [-0.3, -0.25) is 24.0 Å². The minimum atomic E-state index is -1.68. The second kappa shape index (κ2) is 12.3. The minimum Gasteiger partial charge on any atom is -0.481 e. The predicted octanol–water partition coefficient (Wildman–Crippen LogP) is -2.52. The van der Waals surface area contributed by atoms with Crippen LogP contribution in [-0.2, 0) is 28.8 Å². The molecular weight excluding hydrogens is 392 g/mol. The van der Waals surface area contributed by atoms with E-state index in [-0.39, 0.29) is 12.3 Å². The zero-order valence-corrected chi connectivity index (χ0v) is 16.0. The molecule has 3 amide bonds. The number of carboxylic acids is 3. The molecule has 0 radical (unpaired) electrons. The molecule has 0 saturated heterocycles. The summed E-state index contributed by atoms with van der Waals surface area (Å²) in [6.45, 7) is 2.89. The first-order valence-electron chi connectivity index (χ1n) is 8.62. The fourth-order valence-corrected chi connectivity index (χ4v) is 2.17. The standard InChI is InChI=1S/C16H26N4O9/c1-7(2)3-9(15(27)20-10(16(28)29)5-13(24)25)19-11(21)6-18-14(26)8(17)4-12(22)23/h7-10H,3-6,17H2,1-2H3,(H,18,26)(H,19,21)(H,20,27)(H,22,23)(H,24,25)(H,28,29). The molecule has 3 unspecified atom stereocenters. The summed E-state index contributed by atoms with van der Waals surface area (Å²) in [6.07, 6.45) is -1.36. The number of nitrogens with one attached hydrogen (secondary N) is 3. The van der Waals surface area contributed by atoms with Gasteiger partial charge in [0.2, 0.25) is 17.7 Å². The Morgan fingerprint density at radius 3 is 1.83 bits per heavy atom. The Morgan fingerprint density at radius 1 is 0.828 bits per heavy atom. The normalized spacial score (nSPS) is 13.7. The van der Waals surface area contributed by atoms with Crippen LogP contribution >= 0.6 is 0 Å². The number of aliphatic carboxylic acids is 3. The van der Waals surface area contributed by atoms with Gasteiger partial charge in [-0.25, -0.2) is 4.79 Å². The van der Waals surface area contributed by atoms with Crippen LogP contribution in [0.4, 0.5) is 0 Å². The van der Waals surface area contributed by atoms with Crippen molar-refractivity contribution in [2.75, 3.05) is 6.54 Å². The lowest BCUT2D eigenvalue weighted by Gasteiger charge is -2.22. The van der Waals surface area contributed by atoms with Crippen LogP contribution in [0.3, 0.4) is 0 Å². The van der Waals surface area contributed by atoms with E-state index in [1.165, 1.54) is 0 Å². The van der Waals surface area contributed by atoms with Crippen LogP contribution in [0, 0.1) is 5.92 Å². The lowest BCUT2D eigenvalue weighted by atomic mass is 10.0. The van der Waals surface area contributed by atoms with Crippen molar-refractivity contribution in [3.8, 4) is 0 Å². The first-order valence-corrected chi connectivity index (χ1v) is 8.62. The summed E-state index contributed by atoms with van der Waals surface area (Å²) in [4.78, 5) is 68.3. The molecule has 0 spiro atoms. The molecule has 0 aromatic carbocycles. The second-order valence-electron chi connectivity index (χ2n) is 6.67. The van der Waals surface area contributed by atoms with Crippen molar-refractivity contribution in [2.24, 2.45) is 11.7 Å². The number of amides is 3. The van der Waals surface area contributed by atoms with Gasteiger partial charge in [-0.1, -0.05) is 13.8 Å². The molecule has 8 N–H and O–H groups in total. The molecule has 0 aliphatic heterocycles. The van der Waals surface area contributed by atoms with Crippen molar-refractivity contribution in [1.82, 2.24) is 16.0 Å². The SMILES string of the molecule is CC(C)CC(NC(=O)CNC(=O)C(N)CC(=O)O)C(=O)NC(CC(=O)O)C(=O)O. The van der Waals surface area contributed by atoms with Crippen molar-refractivity contribution in [3.63, 3.8) is 0 Å². The second-order valence-corrected chi connectivity index (χ2v) is 6.67. The fourth-order valence-electron chi connectivity index (χ4n) is 2.17. The van der Waals surface area contributed by atoms with Gasteiger partial charge in [0.15, 0.2) is 0 Å². The van der Waals surface area contributed by atoms with Crippen LogP contribution in [0.25, 0.3) is 0 Å². The van der Waals surface area contributed by atoms with E-state index in [1.807, 2.05) is 0 Å². The number of rotatable bonds is 13. The Kier molecular flexibility index (Phi) is 10.9. The van der Waals surface area contributed by atoms with Gasteiger partial charge in [-0.2, -0.15) is 0 Å². The smallest absolute Gasteiger partial charge is 0.326 e. The monoisotopic (exact) mass is 418 g/mol. The van der Waals surface area contributed by atoms with Crippen LogP contribution in [-0.4, -0.2) is 75.6 Å². The van der Waals surface area contributed by atoms with Gasteiger partial charge in [0.25, 0.3) is 0 Å². The lowest BCUT2D eigenvalue weighted by Crippen LogP contribution is -2.54. The molecule has 3 atom stereocenters. The Labute approximate surface area is 166 Å². The first kappa shape index (κ1) is 25.8. The topological polar surface area (TPSA) is 225 Å². The van der Waals surface area contributed by atoms with Crippen molar-refractivity contribution >= 4 is 35.6 Å². The highest BCUT2D eigenvalue weighted by Crippen LogP contribution is 2.06. The molecule has 29 heavy (non-hydrogen) atoms. The molecule has 0 aliphatic carbocycles. The molecule has 0 fully saturated rings. The summed E-state index contributed by atoms with van der Waals surface area (Å²) in [7, 11) is 0. The van der Waals surface area contributed by atoms with E-state index in [2.05, 4.69) is 16.0 Å². The minimum absolute atomic E-state index is 0.0904. The third kappa shape index (κ3) is 11.3. The van der Waals surface area contributed by atoms with Crippen LogP contribution < -0.4 is 21.7 Å². The summed E-state index contributed by atoms with van der Waals surface area (Å²) in [6, 6.07) is -4.22. The molecule has 0 heterocycles. The van der Waals surface area contributed by atoms with Crippen LogP contribution in [0.1, 0.15) is 33.1 Å². The highest BCUT2D eigenvalue weighted by Gasteiger charge is 2.28. The maximum absolute atomic E-state index is 12.3. The highest BCUT2D eigenvalue weighted by atomic mass is 16.4. The van der Waals surface area contributed by atoms with E-state index >= 15 is 0 Å². The van der Waals surface area contributed by atoms with E-state index in [0.717, 1.165) is 0 Å². The quantitative estimate of drug-likeness (QED) is 0.166. The van der Waals surface area contributed by atoms with E-state index in [9.17, 15) is 28.8 Å². The lowest BCUT2D eigenvalue weighted by molar-refractivity contribution is -0.147. The van der Waals surface area contributed by atoms with Gasteiger partial charge in [0, 0.05) is 0 Å². The van der Waals surface area contributed by atoms with Gasteiger partial charge < -0.3 is 37.0 Å². The average molecular weight is 418 g/mol. The van der Waals surface area contributed by atoms with Crippen molar-refractivity contribution in [2.45, 2.75) is 51.2 Å². The molecule has 13 nitrogen and oxygen atoms in total. The summed E-state index contributed by atoms with van der Waals surface area (Å²) < 4.78 is 0. The molecule has 164 valence electrons. The molecule has 0 saturated carbocycles. The third-order valence-electron chi connectivity index (χ3n) is 3.51. The van der Waals surface area contributed by atoms with E-state index in [4.69, 9.17) is 21.1 Å². The Balaban J connectivity index is 4.92. The van der Waals surface area contributed by atoms with Crippen LogP contribution in [0.2, 0.25) is 0 Å². The molecule has 0 aliphatic rings. The zero-order chi connectivity index (χ0) is 22.7. The average Bonchev–Trinajstić information content (AvgIpc) is 2.56. The van der Waals surface area contributed by atoms with Gasteiger partial charge >= 0.3 is 17.9 Å². The highest BCUT2D eigenvalue weighted by molar-refractivity contribution is 5.93. The van der Waals surface area contributed by atoms with Crippen LogP contribution in [0.5, 0.6) is 0 Å². The molecule has 0 bridgehead atoms.